The van der Waals surface area contributed by atoms with E-state index in [4.69, 9.17) is 0 Å². The van der Waals surface area contributed by atoms with Gasteiger partial charge in [-0.25, -0.2) is 0 Å². The number of hydrogen-bond acceptors (Lipinski definition) is 2. The number of β-lactam (4-membered cyclic amide) rings is 1. The lowest BCUT2D eigenvalue weighted by Crippen LogP contribution is -2.61. The molecule has 20 heavy (non-hydrogen) atoms. The average Bonchev–Trinajstić information content (AvgIpc) is 2.49. The second-order valence-electron chi connectivity index (χ2n) is 5.43. The summed E-state index contributed by atoms with van der Waals surface area (Å²) in [5, 5.41) is 1.09. The molecule has 0 aliphatic carbocycles. The van der Waals surface area contributed by atoms with Crippen LogP contribution in [-0.4, -0.2) is 16.9 Å². The third kappa shape index (κ3) is 1.89. The number of nitrogens with zero attached hydrogens (tertiary/aromatic N) is 2. The minimum atomic E-state index is 0.198. The van der Waals surface area contributed by atoms with Crippen molar-refractivity contribution in [2.24, 2.45) is 5.92 Å². The molecule has 1 aromatic heterocycles. The highest BCUT2D eigenvalue weighted by molar-refractivity contribution is 6.08. The quantitative estimate of drug-likeness (QED) is 0.791. The Morgan fingerprint density at radius 1 is 1.20 bits per heavy atom. The molecule has 0 radical (unpaired) electrons. The Morgan fingerprint density at radius 2 is 2.00 bits per heavy atom. The van der Waals surface area contributed by atoms with Gasteiger partial charge in [0.05, 0.1) is 17.1 Å². The molecule has 2 heterocycles. The lowest BCUT2D eigenvalue weighted by molar-refractivity contribution is -0.130. The van der Waals surface area contributed by atoms with E-state index in [1.54, 1.807) is 6.20 Å². The smallest absolute Gasteiger partial charge is 0.232 e. The highest BCUT2D eigenvalue weighted by atomic mass is 16.2. The van der Waals surface area contributed by atoms with Crippen molar-refractivity contribution in [1.29, 1.82) is 0 Å². The summed E-state index contributed by atoms with van der Waals surface area (Å²) < 4.78 is 0. The molecule has 104 valence electrons. The molecule has 2 aromatic rings. The number of carbonyl (C=O) groups excluding carboxylic acids is 1. The zero-order chi connectivity index (χ0) is 14.1. The highest BCUT2D eigenvalue weighted by Gasteiger charge is 2.46. The number of pyridine rings is 1. The molecule has 3 rings (SSSR count). The fourth-order valence-corrected chi connectivity index (χ4v) is 3.28. The Balaban J connectivity index is 2.01. The van der Waals surface area contributed by atoms with E-state index in [1.807, 2.05) is 35.2 Å². The van der Waals surface area contributed by atoms with E-state index in [0.717, 1.165) is 35.9 Å². The zero-order valence-corrected chi connectivity index (χ0v) is 12.0. The highest BCUT2D eigenvalue weighted by Crippen LogP contribution is 2.39. The van der Waals surface area contributed by atoms with Crippen molar-refractivity contribution < 1.29 is 4.79 Å². The summed E-state index contributed by atoms with van der Waals surface area (Å²) in [7, 11) is 0. The van der Waals surface area contributed by atoms with Crippen LogP contribution in [0.5, 0.6) is 0 Å². The van der Waals surface area contributed by atoms with Gasteiger partial charge in [-0.2, -0.15) is 0 Å². The second-order valence-corrected chi connectivity index (χ2v) is 5.43. The molecule has 0 saturated carbocycles. The van der Waals surface area contributed by atoms with E-state index in [2.05, 4.69) is 18.8 Å². The van der Waals surface area contributed by atoms with Gasteiger partial charge in [0, 0.05) is 17.6 Å². The first-order chi connectivity index (χ1) is 9.77. The van der Waals surface area contributed by atoms with E-state index in [1.165, 1.54) is 0 Å². The molecular weight excluding hydrogens is 248 g/mol. The first-order valence-electron chi connectivity index (χ1n) is 7.44. The van der Waals surface area contributed by atoms with Crippen LogP contribution in [0.25, 0.3) is 10.9 Å². The molecule has 1 aliphatic heterocycles. The standard InChI is InChI=1S/C17H20N2O/c1-3-7-13-14(4-2)19(17(13)20)15-10-5-8-12-9-6-11-18-16(12)15/h5-6,8-11,13-14H,3-4,7H2,1-2H3. The first-order valence-corrected chi connectivity index (χ1v) is 7.44. The fourth-order valence-electron chi connectivity index (χ4n) is 3.28. The molecular formula is C17H20N2O. The number of benzene rings is 1. The number of carbonyl (C=O) groups is 1. The minimum Gasteiger partial charge on any atom is -0.306 e. The molecule has 3 nitrogen and oxygen atoms in total. The van der Waals surface area contributed by atoms with Crippen LogP contribution >= 0.6 is 0 Å². The van der Waals surface area contributed by atoms with Gasteiger partial charge in [-0.05, 0) is 25.0 Å². The van der Waals surface area contributed by atoms with Gasteiger partial charge in [-0.3, -0.25) is 9.78 Å². The maximum atomic E-state index is 12.5. The van der Waals surface area contributed by atoms with E-state index in [-0.39, 0.29) is 11.8 Å². The first kappa shape index (κ1) is 13.1. The number of aromatic nitrogens is 1. The summed E-state index contributed by atoms with van der Waals surface area (Å²) in [4.78, 5) is 18.9. The molecule has 0 bridgehead atoms. The molecule has 1 aromatic carbocycles. The second kappa shape index (κ2) is 5.23. The van der Waals surface area contributed by atoms with Crippen molar-refractivity contribution in [3.05, 3.63) is 36.5 Å². The van der Waals surface area contributed by atoms with Gasteiger partial charge < -0.3 is 4.90 Å². The van der Waals surface area contributed by atoms with Crippen LogP contribution in [0, 0.1) is 5.92 Å². The summed E-state index contributed by atoms with van der Waals surface area (Å²) in [6.45, 7) is 4.30. The van der Waals surface area contributed by atoms with Gasteiger partial charge in [-0.15, -0.1) is 0 Å². The maximum absolute atomic E-state index is 12.5. The van der Waals surface area contributed by atoms with Crippen molar-refractivity contribution in [2.45, 2.75) is 39.2 Å². The Bertz CT molecular complexity index is 632. The van der Waals surface area contributed by atoms with Crippen LogP contribution in [0.2, 0.25) is 0 Å². The number of rotatable bonds is 4. The molecule has 1 saturated heterocycles. The van der Waals surface area contributed by atoms with E-state index < -0.39 is 0 Å². The molecule has 2 unspecified atom stereocenters. The van der Waals surface area contributed by atoms with Gasteiger partial charge in [0.1, 0.15) is 0 Å². The van der Waals surface area contributed by atoms with Crippen LogP contribution in [0.3, 0.4) is 0 Å². The predicted molar refractivity (Wildman–Crippen MR) is 81.7 cm³/mol. The van der Waals surface area contributed by atoms with Crippen molar-refractivity contribution in [3.63, 3.8) is 0 Å². The number of anilines is 1. The number of hydrogen-bond donors (Lipinski definition) is 0. The third-order valence-electron chi connectivity index (χ3n) is 4.24. The fraction of sp³-hybridized carbons (Fsp3) is 0.412. The lowest BCUT2D eigenvalue weighted by Gasteiger charge is -2.47. The number of amides is 1. The van der Waals surface area contributed by atoms with E-state index in [0.29, 0.717) is 6.04 Å². The monoisotopic (exact) mass is 268 g/mol. The molecule has 1 aliphatic rings. The van der Waals surface area contributed by atoms with Crippen LogP contribution in [0.15, 0.2) is 36.5 Å². The minimum absolute atomic E-state index is 0.198. The van der Waals surface area contributed by atoms with Crippen molar-refractivity contribution in [1.82, 2.24) is 4.98 Å². The third-order valence-corrected chi connectivity index (χ3v) is 4.24. The van der Waals surface area contributed by atoms with Gasteiger partial charge in [0.15, 0.2) is 0 Å². The van der Waals surface area contributed by atoms with Gasteiger partial charge in [0.2, 0.25) is 5.91 Å². The van der Waals surface area contributed by atoms with Gasteiger partial charge >= 0.3 is 0 Å². The summed E-state index contributed by atoms with van der Waals surface area (Å²) in [5.41, 5.74) is 1.89. The lowest BCUT2D eigenvalue weighted by atomic mass is 9.81. The molecule has 0 spiro atoms. The average molecular weight is 268 g/mol. The van der Waals surface area contributed by atoms with Crippen molar-refractivity contribution in [2.75, 3.05) is 4.90 Å². The predicted octanol–water partition coefficient (Wildman–Crippen LogP) is 3.78. The molecule has 1 amide bonds. The summed E-state index contributed by atoms with van der Waals surface area (Å²) >= 11 is 0. The molecule has 1 fully saturated rings. The van der Waals surface area contributed by atoms with Crippen LogP contribution < -0.4 is 4.90 Å². The van der Waals surface area contributed by atoms with Crippen molar-refractivity contribution >= 4 is 22.5 Å². The maximum Gasteiger partial charge on any atom is 0.232 e. The van der Waals surface area contributed by atoms with Crippen LogP contribution in [-0.2, 0) is 4.79 Å². The van der Waals surface area contributed by atoms with Crippen molar-refractivity contribution in [3.8, 4) is 0 Å². The van der Waals surface area contributed by atoms with E-state index in [9.17, 15) is 4.79 Å². The number of fused-ring (bicyclic) bond motifs is 1. The Morgan fingerprint density at radius 3 is 2.75 bits per heavy atom. The summed E-state index contributed by atoms with van der Waals surface area (Å²) in [6, 6.07) is 10.4. The molecule has 0 N–H and O–H groups in total. The van der Waals surface area contributed by atoms with Crippen LogP contribution in [0.4, 0.5) is 5.69 Å². The summed E-state index contributed by atoms with van der Waals surface area (Å²) in [5.74, 6) is 0.459. The Kier molecular flexibility index (Phi) is 3.43. The van der Waals surface area contributed by atoms with Crippen LogP contribution in [0.1, 0.15) is 33.1 Å². The molecule has 3 heteroatoms. The zero-order valence-electron chi connectivity index (χ0n) is 12.0. The normalized spacial score (nSPS) is 22.1. The Hall–Kier alpha value is -1.90. The summed E-state index contributed by atoms with van der Waals surface area (Å²) in [6.07, 6.45) is 4.85. The topological polar surface area (TPSA) is 33.2 Å². The largest absolute Gasteiger partial charge is 0.306 e. The number of para-hydroxylation sites is 1. The van der Waals surface area contributed by atoms with E-state index >= 15 is 0 Å². The van der Waals surface area contributed by atoms with Gasteiger partial charge in [0.25, 0.3) is 0 Å². The van der Waals surface area contributed by atoms with Gasteiger partial charge in [-0.1, -0.05) is 38.5 Å². The Labute approximate surface area is 119 Å². The SMILES string of the molecule is CCCC1C(=O)N(c2cccc3cccnc23)C1CC. The molecule has 2 atom stereocenters.